The molecular weight excluding hydrogens is 166 g/mol. The maximum Gasteiger partial charge on any atom is 0.0593 e. The molecule has 1 N–H and O–H groups in total. The van der Waals surface area contributed by atoms with Crippen molar-refractivity contribution in [1.82, 2.24) is 4.90 Å². The van der Waals surface area contributed by atoms with Crippen LogP contribution in [0.4, 0.5) is 0 Å². The maximum absolute atomic E-state index is 8.89. The molecule has 0 amide bonds. The second-order valence-corrected chi connectivity index (χ2v) is 4.41. The monoisotopic (exact) mass is 185 g/mol. The minimum absolute atomic E-state index is 0.274. The van der Waals surface area contributed by atoms with Crippen LogP contribution in [0.15, 0.2) is 0 Å². The Morgan fingerprint density at radius 3 is 2.85 bits per heavy atom. The molecule has 1 aliphatic heterocycles. The van der Waals surface area contributed by atoms with Crippen molar-refractivity contribution in [3.63, 3.8) is 0 Å². The van der Waals surface area contributed by atoms with E-state index in [2.05, 4.69) is 4.90 Å². The Morgan fingerprint density at radius 2 is 2.23 bits per heavy atom. The van der Waals surface area contributed by atoms with E-state index in [1.165, 1.54) is 19.3 Å². The predicted molar refractivity (Wildman–Crippen MR) is 50.6 cm³/mol. The summed E-state index contributed by atoms with van der Waals surface area (Å²) in [5.41, 5.74) is 0.450. The van der Waals surface area contributed by atoms with Crippen molar-refractivity contribution in [1.29, 1.82) is 0 Å². The van der Waals surface area contributed by atoms with Gasteiger partial charge in [-0.1, -0.05) is 6.42 Å². The lowest BCUT2D eigenvalue weighted by atomic mass is 9.69. The molecule has 1 saturated heterocycles. The third kappa shape index (κ3) is 2.03. The van der Waals surface area contributed by atoms with Crippen LogP contribution in [0.3, 0.4) is 0 Å². The van der Waals surface area contributed by atoms with Crippen LogP contribution in [0.5, 0.6) is 0 Å². The molecule has 0 aromatic carbocycles. The summed E-state index contributed by atoms with van der Waals surface area (Å²) in [6.45, 7) is 4.98. The predicted octanol–water partition coefficient (Wildman–Crippen LogP) is 0.481. The molecule has 76 valence electrons. The second kappa shape index (κ2) is 3.95. The summed E-state index contributed by atoms with van der Waals surface area (Å²) in [4.78, 5) is 2.34. The first-order valence-electron chi connectivity index (χ1n) is 5.26. The number of aliphatic hydroxyl groups is 1. The van der Waals surface area contributed by atoms with Crippen LogP contribution in [0.25, 0.3) is 0 Å². The highest BCUT2D eigenvalue weighted by molar-refractivity contribution is 4.91. The molecule has 0 aromatic rings. The van der Waals surface area contributed by atoms with Gasteiger partial charge in [0, 0.05) is 25.0 Å². The zero-order valence-corrected chi connectivity index (χ0v) is 8.17. The molecule has 13 heavy (non-hydrogen) atoms. The number of aliphatic hydroxyl groups excluding tert-OH is 1. The maximum atomic E-state index is 8.89. The van der Waals surface area contributed by atoms with Gasteiger partial charge in [0.1, 0.15) is 0 Å². The van der Waals surface area contributed by atoms with Crippen molar-refractivity contribution < 1.29 is 9.84 Å². The van der Waals surface area contributed by atoms with Crippen molar-refractivity contribution in [3.05, 3.63) is 0 Å². The van der Waals surface area contributed by atoms with Crippen molar-refractivity contribution in [2.75, 3.05) is 39.5 Å². The molecule has 2 aliphatic rings. The third-order valence-corrected chi connectivity index (χ3v) is 3.35. The van der Waals surface area contributed by atoms with Crippen LogP contribution in [0.2, 0.25) is 0 Å². The summed E-state index contributed by atoms with van der Waals surface area (Å²) in [5, 5.41) is 8.89. The number of rotatable bonds is 2. The third-order valence-electron chi connectivity index (χ3n) is 3.35. The molecule has 1 spiro atoms. The smallest absolute Gasteiger partial charge is 0.0593 e. The van der Waals surface area contributed by atoms with E-state index in [9.17, 15) is 0 Å². The van der Waals surface area contributed by atoms with Gasteiger partial charge in [0.2, 0.25) is 0 Å². The molecule has 0 aromatic heterocycles. The summed E-state index contributed by atoms with van der Waals surface area (Å²) >= 11 is 0. The van der Waals surface area contributed by atoms with Crippen molar-refractivity contribution >= 4 is 0 Å². The van der Waals surface area contributed by atoms with Gasteiger partial charge in [0.05, 0.1) is 19.8 Å². The summed E-state index contributed by atoms with van der Waals surface area (Å²) < 4.78 is 5.61. The zero-order chi connectivity index (χ0) is 9.15. The molecule has 3 heteroatoms. The number of hydrogen-bond donors (Lipinski definition) is 1. The first-order chi connectivity index (χ1) is 6.35. The molecule has 0 unspecified atom stereocenters. The highest BCUT2D eigenvalue weighted by Gasteiger charge is 2.39. The summed E-state index contributed by atoms with van der Waals surface area (Å²) in [5.74, 6) is 0. The van der Waals surface area contributed by atoms with E-state index in [1.54, 1.807) is 0 Å². The van der Waals surface area contributed by atoms with Crippen LogP contribution in [-0.2, 0) is 4.74 Å². The average Bonchev–Trinajstić information content (AvgIpc) is 2.27. The van der Waals surface area contributed by atoms with Crippen molar-refractivity contribution in [2.24, 2.45) is 5.41 Å². The number of β-amino-alcohol motifs (C(OH)–C–C–N with tert-alkyl or cyclic N) is 1. The SMILES string of the molecule is OCCN1CCOCC2(CCC2)C1. The Morgan fingerprint density at radius 1 is 1.38 bits per heavy atom. The Labute approximate surface area is 79.7 Å². The summed E-state index contributed by atoms with van der Waals surface area (Å²) in [6.07, 6.45) is 3.99. The van der Waals surface area contributed by atoms with E-state index in [0.29, 0.717) is 5.41 Å². The average molecular weight is 185 g/mol. The fraction of sp³-hybridized carbons (Fsp3) is 1.00. The lowest BCUT2D eigenvalue weighted by Crippen LogP contribution is -2.44. The van der Waals surface area contributed by atoms with Crippen LogP contribution < -0.4 is 0 Å². The van der Waals surface area contributed by atoms with E-state index in [1.807, 2.05) is 0 Å². The van der Waals surface area contributed by atoms with Gasteiger partial charge in [-0.25, -0.2) is 0 Å². The van der Waals surface area contributed by atoms with Gasteiger partial charge in [0.15, 0.2) is 0 Å². The van der Waals surface area contributed by atoms with Gasteiger partial charge in [0.25, 0.3) is 0 Å². The molecule has 2 fully saturated rings. The topological polar surface area (TPSA) is 32.7 Å². The van der Waals surface area contributed by atoms with E-state index in [0.717, 1.165) is 32.8 Å². The second-order valence-electron chi connectivity index (χ2n) is 4.41. The van der Waals surface area contributed by atoms with Crippen LogP contribution in [0, 0.1) is 5.41 Å². The van der Waals surface area contributed by atoms with E-state index < -0.39 is 0 Å². The Bertz CT molecular complexity index is 168. The molecule has 1 saturated carbocycles. The summed E-state index contributed by atoms with van der Waals surface area (Å²) in [6, 6.07) is 0. The van der Waals surface area contributed by atoms with Crippen LogP contribution in [-0.4, -0.2) is 49.5 Å². The van der Waals surface area contributed by atoms with Crippen molar-refractivity contribution in [3.8, 4) is 0 Å². The molecule has 3 nitrogen and oxygen atoms in total. The van der Waals surface area contributed by atoms with E-state index in [-0.39, 0.29) is 6.61 Å². The molecule has 0 bridgehead atoms. The normalized spacial score (nSPS) is 28.4. The van der Waals surface area contributed by atoms with Crippen molar-refractivity contribution in [2.45, 2.75) is 19.3 Å². The number of ether oxygens (including phenoxy) is 1. The van der Waals surface area contributed by atoms with Gasteiger partial charge < -0.3 is 9.84 Å². The van der Waals surface area contributed by atoms with E-state index >= 15 is 0 Å². The lowest BCUT2D eigenvalue weighted by molar-refractivity contribution is 0.00911. The largest absolute Gasteiger partial charge is 0.395 e. The molecule has 1 aliphatic carbocycles. The fourth-order valence-electron chi connectivity index (χ4n) is 2.39. The standard InChI is InChI=1S/C10H19NO2/c12-6-4-11-5-7-13-9-10(8-11)2-1-3-10/h12H,1-9H2. The Hall–Kier alpha value is -0.120. The highest BCUT2D eigenvalue weighted by atomic mass is 16.5. The molecule has 2 rings (SSSR count). The first kappa shape index (κ1) is 9.44. The lowest BCUT2D eigenvalue weighted by Gasteiger charge is -2.42. The highest BCUT2D eigenvalue weighted by Crippen LogP contribution is 2.42. The van der Waals surface area contributed by atoms with Gasteiger partial charge >= 0.3 is 0 Å². The first-order valence-corrected chi connectivity index (χ1v) is 5.26. The van der Waals surface area contributed by atoms with Gasteiger partial charge in [-0.3, -0.25) is 4.90 Å². The number of nitrogens with zero attached hydrogens (tertiary/aromatic N) is 1. The van der Waals surface area contributed by atoms with Gasteiger partial charge in [-0.05, 0) is 12.8 Å². The Balaban J connectivity index is 1.90. The minimum atomic E-state index is 0.274. The van der Waals surface area contributed by atoms with E-state index in [4.69, 9.17) is 9.84 Å². The minimum Gasteiger partial charge on any atom is -0.395 e. The quantitative estimate of drug-likeness (QED) is 0.679. The van der Waals surface area contributed by atoms with Gasteiger partial charge in [-0.15, -0.1) is 0 Å². The molecule has 1 heterocycles. The van der Waals surface area contributed by atoms with Crippen LogP contribution in [0.1, 0.15) is 19.3 Å². The molecule has 0 radical (unpaired) electrons. The molecule has 0 atom stereocenters. The molecular formula is C10H19NO2. The fourth-order valence-corrected chi connectivity index (χ4v) is 2.39. The van der Waals surface area contributed by atoms with Gasteiger partial charge in [-0.2, -0.15) is 0 Å². The Kier molecular flexibility index (Phi) is 2.86. The number of hydrogen-bond acceptors (Lipinski definition) is 3. The summed E-state index contributed by atoms with van der Waals surface area (Å²) in [7, 11) is 0. The van der Waals surface area contributed by atoms with Crippen LogP contribution >= 0.6 is 0 Å². The zero-order valence-electron chi connectivity index (χ0n) is 8.17.